The Labute approximate surface area is 159 Å². The number of anilines is 1. The van der Waals surface area contributed by atoms with Crippen molar-refractivity contribution in [2.24, 2.45) is 0 Å². The van der Waals surface area contributed by atoms with E-state index in [1.807, 2.05) is 37.3 Å². The van der Waals surface area contributed by atoms with Gasteiger partial charge in [0.1, 0.15) is 5.82 Å². The predicted molar refractivity (Wildman–Crippen MR) is 106 cm³/mol. The monoisotopic (exact) mass is 361 g/mol. The van der Waals surface area contributed by atoms with E-state index in [1.165, 1.54) is 0 Å². The lowest BCUT2D eigenvalue weighted by atomic mass is 9.92. The first-order valence-corrected chi connectivity index (χ1v) is 8.84. The van der Waals surface area contributed by atoms with Crippen molar-refractivity contribution in [3.05, 3.63) is 77.5 Å². The summed E-state index contributed by atoms with van der Waals surface area (Å²) < 4.78 is 1.67. The molecule has 0 aliphatic carbocycles. The summed E-state index contributed by atoms with van der Waals surface area (Å²) >= 11 is 0. The van der Waals surface area contributed by atoms with Crippen LogP contribution in [0.2, 0.25) is 0 Å². The molecule has 0 aliphatic rings. The zero-order valence-electron chi connectivity index (χ0n) is 16.0. The van der Waals surface area contributed by atoms with Crippen LogP contribution in [0, 0.1) is 6.92 Å². The maximum Gasteiger partial charge on any atom is 0.297 e. The van der Waals surface area contributed by atoms with E-state index in [-0.39, 0.29) is 5.41 Å². The van der Waals surface area contributed by atoms with E-state index in [4.69, 9.17) is 0 Å². The molecule has 1 amide bonds. The average Bonchev–Trinajstić information content (AvgIpc) is 3.06. The van der Waals surface area contributed by atoms with E-state index in [9.17, 15) is 9.59 Å². The van der Waals surface area contributed by atoms with Crippen LogP contribution in [0.3, 0.4) is 0 Å². The summed E-state index contributed by atoms with van der Waals surface area (Å²) in [5.41, 5.74) is 2.89. The van der Waals surface area contributed by atoms with Crippen molar-refractivity contribution in [3.63, 3.8) is 0 Å². The van der Waals surface area contributed by atoms with Gasteiger partial charge in [-0.25, -0.2) is 4.68 Å². The van der Waals surface area contributed by atoms with Crippen LogP contribution in [-0.4, -0.2) is 21.5 Å². The smallest absolute Gasteiger partial charge is 0.297 e. The minimum atomic E-state index is -0.685. The summed E-state index contributed by atoms with van der Waals surface area (Å²) in [6.07, 6.45) is 0. The minimum absolute atomic E-state index is 0.196. The first-order chi connectivity index (χ1) is 12.8. The van der Waals surface area contributed by atoms with E-state index in [0.29, 0.717) is 11.4 Å². The first kappa shape index (κ1) is 18.6. The molecule has 0 saturated carbocycles. The van der Waals surface area contributed by atoms with Gasteiger partial charge in [-0.05, 0) is 24.6 Å². The summed E-state index contributed by atoms with van der Waals surface area (Å²) in [5, 5.41) is 7.40. The number of amides is 1. The fourth-order valence-electron chi connectivity index (χ4n) is 2.69. The summed E-state index contributed by atoms with van der Waals surface area (Å²) in [6.45, 7) is 8.15. The van der Waals surface area contributed by atoms with Crippen LogP contribution < -0.4 is 5.32 Å². The Balaban J connectivity index is 1.97. The van der Waals surface area contributed by atoms with E-state index >= 15 is 0 Å². The number of aryl methyl sites for hydroxylation is 1. The molecule has 0 atom stereocenters. The van der Waals surface area contributed by atoms with Crippen molar-refractivity contribution in [2.45, 2.75) is 33.1 Å². The number of aromatic nitrogens is 2. The lowest BCUT2D eigenvalue weighted by Crippen LogP contribution is -2.24. The lowest BCUT2D eigenvalue weighted by molar-refractivity contribution is -0.112. The lowest BCUT2D eigenvalue weighted by Gasteiger charge is -2.14. The van der Waals surface area contributed by atoms with Gasteiger partial charge >= 0.3 is 0 Å². The van der Waals surface area contributed by atoms with Crippen LogP contribution in [0.15, 0.2) is 60.7 Å². The van der Waals surface area contributed by atoms with E-state index < -0.39 is 11.7 Å². The van der Waals surface area contributed by atoms with E-state index in [1.54, 1.807) is 35.0 Å². The molecular formula is C22H23N3O2. The fraction of sp³-hybridized carbons (Fsp3) is 0.227. The van der Waals surface area contributed by atoms with Crippen LogP contribution in [0.25, 0.3) is 5.69 Å². The molecule has 27 heavy (non-hydrogen) atoms. The summed E-state index contributed by atoms with van der Waals surface area (Å²) in [5.74, 6) is -0.792. The number of nitrogens with one attached hydrogen (secondary N) is 1. The van der Waals surface area contributed by atoms with Gasteiger partial charge < -0.3 is 5.32 Å². The number of ketones is 1. The molecule has 0 radical (unpaired) electrons. The highest BCUT2D eigenvalue weighted by Gasteiger charge is 2.23. The fourth-order valence-corrected chi connectivity index (χ4v) is 2.69. The first-order valence-electron chi connectivity index (χ1n) is 8.84. The Bertz CT molecular complexity index is 982. The maximum atomic E-state index is 12.5. The Morgan fingerprint density at radius 1 is 0.963 bits per heavy atom. The van der Waals surface area contributed by atoms with E-state index in [2.05, 4.69) is 31.2 Å². The van der Waals surface area contributed by atoms with Crippen LogP contribution in [0.5, 0.6) is 0 Å². The highest BCUT2D eigenvalue weighted by molar-refractivity contribution is 6.46. The Morgan fingerprint density at radius 3 is 2.30 bits per heavy atom. The van der Waals surface area contributed by atoms with Crippen LogP contribution >= 0.6 is 0 Å². The van der Waals surface area contributed by atoms with Crippen LogP contribution in [0.4, 0.5) is 5.82 Å². The normalized spacial score (nSPS) is 11.3. The van der Waals surface area contributed by atoms with Gasteiger partial charge in [-0.1, -0.05) is 63.2 Å². The van der Waals surface area contributed by atoms with Gasteiger partial charge in [0, 0.05) is 17.0 Å². The minimum Gasteiger partial charge on any atom is -0.304 e. The highest BCUT2D eigenvalue weighted by Crippen LogP contribution is 2.26. The Morgan fingerprint density at radius 2 is 1.67 bits per heavy atom. The molecule has 2 aromatic carbocycles. The van der Waals surface area contributed by atoms with Gasteiger partial charge in [0.15, 0.2) is 0 Å². The zero-order chi connectivity index (χ0) is 19.6. The van der Waals surface area contributed by atoms with Gasteiger partial charge in [0.25, 0.3) is 11.7 Å². The number of hydrogen-bond acceptors (Lipinski definition) is 3. The molecule has 3 aromatic rings. The van der Waals surface area contributed by atoms with Crippen molar-refractivity contribution in [1.29, 1.82) is 0 Å². The number of rotatable bonds is 4. The molecule has 1 heterocycles. The average molecular weight is 361 g/mol. The molecule has 0 saturated heterocycles. The number of carbonyl (C=O) groups is 2. The van der Waals surface area contributed by atoms with Gasteiger partial charge in [0.2, 0.25) is 0 Å². The predicted octanol–water partition coefficient (Wildman–Crippen LogP) is 4.30. The second-order valence-electron chi connectivity index (χ2n) is 7.56. The molecule has 3 rings (SSSR count). The molecule has 5 heteroatoms. The topological polar surface area (TPSA) is 64.0 Å². The molecule has 0 unspecified atom stereocenters. The van der Waals surface area contributed by atoms with E-state index in [0.717, 1.165) is 16.9 Å². The number of carbonyl (C=O) groups excluding carboxylic acids is 2. The highest BCUT2D eigenvalue weighted by atomic mass is 16.2. The Kier molecular flexibility index (Phi) is 4.95. The molecule has 5 nitrogen and oxygen atoms in total. The molecule has 1 aromatic heterocycles. The third-order valence-corrected chi connectivity index (χ3v) is 4.21. The standard InChI is InChI=1S/C22H23N3O2/c1-15-9-8-12-17(13-15)25-19(14-18(24-25)22(2,3)4)23-21(27)20(26)16-10-6-5-7-11-16/h5-14H,1-4H3,(H,23,27). The second-order valence-corrected chi connectivity index (χ2v) is 7.56. The zero-order valence-corrected chi connectivity index (χ0v) is 16.0. The van der Waals surface area contributed by atoms with Gasteiger partial charge in [-0.3, -0.25) is 9.59 Å². The molecule has 138 valence electrons. The maximum absolute atomic E-state index is 12.5. The van der Waals surface area contributed by atoms with Crippen molar-refractivity contribution in [1.82, 2.24) is 9.78 Å². The quantitative estimate of drug-likeness (QED) is 0.557. The second kappa shape index (κ2) is 7.19. The number of benzene rings is 2. The van der Waals surface area contributed by atoms with Crippen LogP contribution in [-0.2, 0) is 10.2 Å². The number of hydrogen-bond donors (Lipinski definition) is 1. The molecule has 0 spiro atoms. The van der Waals surface area contributed by atoms with Crippen molar-refractivity contribution < 1.29 is 9.59 Å². The number of Topliss-reactive ketones (excluding diaryl/α,β-unsaturated/α-hetero) is 1. The summed E-state index contributed by atoms with van der Waals surface area (Å²) in [4.78, 5) is 24.9. The third-order valence-electron chi connectivity index (χ3n) is 4.21. The van der Waals surface area contributed by atoms with Crippen molar-refractivity contribution >= 4 is 17.5 Å². The van der Waals surface area contributed by atoms with Crippen molar-refractivity contribution in [3.8, 4) is 5.69 Å². The molecule has 0 fully saturated rings. The summed E-state index contributed by atoms with van der Waals surface area (Å²) in [7, 11) is 0. The number of nitrogens with zero attached hydrogens (tertiary/aromatic N) is 2. The summed E-state index contributed by atoms with van der Waals surface area (Å²) in [6, 6.07) is 18.2. The molecular weight excluding hydrogens is 338 g/mol. The molecule has 1 N–H and O–H groups in total. The largest absolute Gasteiger partial charge is 0.304 e. The van der Waals surface area contributed by atoms with Crippen LogP contribution in [0.1, 0.15) is 42.4 Å². The third kappa shape index (κ3) is 4.14. The molecule has 0 aliphatic heterocycles. The van der Waals surface area contributed by atoms with Gasteiger partial charge in [0.05, 0.1) is 11.4 Å². The molecule has 0 bridgehead atoms. The van der Waals surface area contributed by atoms with Gasteiger partial charge in [-0.15, -0.1) is 0 Å². The van der Waals surface area contributed by atoms with Crippen molar-refractivity contribution in [2.75, 3.05) is 5.32 Å². The Hall–Kier alpha value is -3.21. The van der Waals surface area contributed by atoms with Gasteiger partial charge in [-0.2, -0.15) is 5.10 Å². The SMILES string of the molecule is Cc1cccc(-n2nc(C(C)(C)C)cc2NC(=O)C(=O)c2ccccc2)c1.